The Morgan fingerprint density at radius 1 is 1.04 bits per heavy atom. The van der Waals surface area contributed by atoms with Crippen LogP contribution in [0.1, 0.15) is 12.0 Å². The Morgan fingerprint density at radius 3 is 2.42 bits per heavy atom. The molecule has 0 saturated carbocycles. The highest BCUT2D eigenvalue weighted by molar-refractivity contribution is 7.99. The van der Waals surface area contributed by atoms with Crippen LogP contribution in [0.4, 0.5) is 0 Å². The maximum Gasteiger partial charge on any atom is 0.255 e. The van der Waals surface area contributed by atoms with Crippen LogP contribution >= 0.6 is 11.8 Å². The summed E-state index contributed by atoms with van der Waals surface area (Å²) in [4.78, 5) is 23.7. The zero-order chi connectivity index (χ0) is 17.2. The number of ether oxygens (including phenoxy) is 1. The monoisotopic (exact) mass is 344 g/mol. The van der Waals surface area contributed by atoms with Gasteiger partial charge in [0.25, 0.3) is 5.91 Å². The van der Waals surface area contributed by atoms with Crippen LogP contribution in [0.3, 0.4) is 0 Å². The maximum absolute atomic E-state index is 11.9. The molecule has 0 aliphatic rings. The van der Waals surface area contributed by atoms with E-state index in [0.717, 1.165) is 16.2 Å². The molecule has 0 saturated heterocycles. The number of nitrogens with one attached hydrogen (secondary N) is 1. The Balaban J connectivity index is 1.66. The minimum absolute atomic E-state index is 0.0208. The standard InChI is InChI=1S/C18H20N2O3S/c19-17(21)13-23-15-8-6-14(7-9-15)12-20-18(22)10-11-24-16-4-2-1-3-5-16/h1-9H,10-13H2,(H2,19,21)(H,20,22). The summed E-state index contributed by atoms with van der Waals surface area (Å²) in [5.41, 5.74) is 5.98. The van der Waals surface area contributed by atoms with Crippen molar-refractivity contribution in [3.63, 3.8) is 0 Å². The van der Waals surface area contributed by atoms with Crippen LogP contribution < -0.4 is 15.8 Å². The van der Waals surface area contributed by atoms with Gasteiger partial charge in [-0.05, 0) is 29.8 Å². The molecule has 0 bridgehead atoms. The van der Waals surface area contributed by atoms with Crippen molar-refractivity contribution in [1.29, 1.82) is 0 Å². The zero-order valence-corrected chi connectivity index (χ0v) is 14.1. The molecule has 0 aromatic heterocycles. The van der Waals surface area contributed by atoms with Gasteiger partial charge >= 0.3 is 0 Å². The highest BCUT2D eigenvalue weighted by Gasteiger charge is 2.03. The van der Waals surface area contributed by atoms with Gasteiger partial charge in [0.05, 0.1) is 0 Å². The number of amides is 2. The van der Waals surface area contributed by atoms with Gasteiger partial charge in [0.15, 0.2) is 6.61 Å². The van der Waals surface area contributed by atoms with Gasteiger partial charge in [-0.1, -0.05) is 30.3 Å². The molecule has 2 rings (SSSR count). The lowest BCUT2D eigenvalue weighted by atomic mass is 10.2. The summed E-state index contributed by atoms with van der Waals surface area (Å²) in [5.74, 6) is 0.825. The van der Waals surface area contributed by atoms with Crippen molar-refractivity contribution in [3.05, 3.63) is 60.2 Å². The largest absolute Gasteiger partial charge is 0.484 e. The first-order chi connectivity index (χ1) is 11.6. The van der Waals surface area contributed by atoms with Crippen molar-refractivity contribution in [2.45, 2.75) is 17.9 Å². The molecule has 0 radical (unpaired) electrons. The SMILES string of the molecule is NC(=O)COc1ccc(CNC(=O)CCSc2ccccc2)cc1. The fourth-order valence-electron chi connectivity index (χ4n) is 1.93. The highest BCUT2D eigenvalue weighted by Crippen LogP contribution is 2.17. The van der Waals surface area contributed by atoms with Gasteiger partial charge in [-0.25, -0.2) is 0 Å². The van der Waals surface area contributed by atoms with Crippen LogP contribution in [0.15, 0.2) is 59.5 Å². The Morgan fingerprint density at radius 2 is 1.75 bits per heavy atom. The predicted molar refractivity (Wildman–Crippen MR) is 94.8 cm³/mol. The number of thioether (sulfide) groups is 1. The van der Waals surface area contributed by atoms with Crippen molar-refractivity contribution in [3.8, 4) is 5.75 Å². The maximum atomic E-state index is 11.9. The van der Waals surface area contributed by atoms with E-state index in [0.29, 0.717) is 18.7 Å². The molecule has 0 atom stereocenters. The van der Waals surface area contributed by atoms with Gasteiger partial charge in [0.2, 0.25) is 5.91 Å². The number of nitrogens with two attached hydrogens (primary N) is 1. The van der Waals surface area contributed by atoms with E-state index in [4.69, 9.17) is 10.5 Å². The predicted octanol–water partition coefficient (Wildman–Crippen LogP) is 2.35. The molecule has 0 fully saturated rings. The smallest absolute Gasteiger partial charge is 0.255 e. The van der Waals surface area contributed by atoms with Crippen LogP contribution in [0.5, 0.6) is 5.75 Å². The summed E-state index contributed by atoms with van der Waals surface area (Å²) in [6, 6.07) is 17.2. The van der Waals surface area contributed by atoms with E-state index in [2.05, 4.69) is 5.32 Å². The van der Waals surface area contributed by atoms with Gasteiger partial charge in [-0.15, -0.1) is 11.8 Å². The molecule has 0 aliphatic heterocycles. The Hall–Kier alpha value is -2.47. The molecule has 5 nitrogen and oxygen atoms in total. The molecule has 24 heavy (non-hydrogen) atoms. The van der Waals surface area contributed by atoms with E-state index in [9.17, 15) is 9.59 Å². The van der Waals surface area contributed by atoms with E-state index in [-0.39, 0.29) is 12.5 Å². The number of hydrogen-bond donors (Lipinski definition) is 2. The van der Waals surface area contributed by atoms with Crippen molar-refractivity contribution in [1.82, 2.24) is 5.32 Å². The first kappa shape index (κ1) is 17.9. The second-order valence-corrected chi connectivity index (χ2v) is 6.26. The van der Waals surface area contributed by atoms with E-state index in [1.54, 1.807) is 23.9 Å². The van der Waals surface area contributed by atoms with Crippen LogP contribution in [0, 0.1) is 0 Å². The second kappa shape index (κ2) is 9.62. The van der Waals surface area contributed by atoms with Crippen LogP contribution in [0.2, 0.25) is 0 Å². The van der Waals surface area contributed by atoms with Crippen LogP contribution in [-0.4, -0.2) is 24.2 Å². The molecule has 0 heterocycles. The number of carbonyl (C=O) groups excluding carboxylic acids is 2. The normalized spacial score (nSPS) is 10.2. The van der Waals surface area contributed by atoms with Crippen molar-refractivity contribution >= 4 is 23.6 Å². The Labute approximate surface area is 145 Å². The van der Waals surface area contributed by atoms with E-state index in [1.165, 1.54) is 0 Å². The molecule has 6 heteroatoms. The fraction of sp³-hybridized carbons (Fsp3) is 0.222. The van der Waals surface area contributed by atoms with Crippen molar-refractivity contribution < 1.29 is 14.3 Å². The number of carbonyl (C=O) groups is 2. The first-order valence-electron chi connectivity index (χ1n) is 7.58. The quantitative estimate of drug-likeness (QED) is 0.684. The van der Waals surface area contributed by atoms with Gasteiger partial charge in [0, 0.05) is 23.6 Å². The number of hydrogen-bond acceptors (Lipinski definition) is 4. The third-order valence-corrected chi connectivity index (χ3v) is 4.15. The van der Waals surface area contributed by atoms with Gasteiger partial charge in [-0.3, -0.25) is 9.59 Å². The lowest BCUT2D eigenvalue weighted by molar-refractivity contribution is -0.121. The number of primary amides is 1. The molecule has 2 amide bonds. The number of rotatable bonds is 9. The molecule has 2 aromatic rings. The first-order valence-corrected chi connectivity index (χ1v) is 8.56. The van der Waals surface area contributed by atoms with Gasteiger partial charge in [-0.2, -0.15) is 0 Å². The number of benzene rings is 2. The van der Waals surface area contributed by atoms with Crippen LogP contribution in [0.25, 0.3) is 0 Å². The average Bonchev–Trinajstić information content (AvgIpc) is 2.60. The molecule has 0 spiro atoms. The average molecular weight is 344 g/mol. The van der Waals surface area contributed by atoms with E-state index < -0.39 is 5.91 Å². The lowest BCUT2D eigenvalue weighted by Crippen LogP contribution is -2.23. The Kier molecular flexibility index (Phi) is 7.17. The Bertz CT molecular complexity index is 660. The molecule has 3 N–H and O–H groups in total. The summed E-state index contributed by atoms with van der Waals surface area (Å²) >= 11 is 1.67. The zero-order valence-electron chi connectivity index (χ0n) is 13.2. The fourth-order valence-corrected chi connectivity index (χ4v) is 2.80. The van der Waals surface area contributed by atoms with E-state index in [1.807, 2.05) is 42.5 Å². The molecule has 0 unspecified atom stereocenters. The summed E-state index contributed by atoms with van der Waals surface area (Å²) in [6.45, 7) is 0.320. The topological polar surface area (TPSA) is 81.4 Å². The van der Waals surface area contributed by atoms with E-state index >= 15 is 0 Å². The summed E-state index contributed by atoms with van der Waals surface area (Å²) in [7, 11) is 0. The molecule has 2 aromatic carbocycles. The minimum atomic E-state index is -0.514. The highest BCUT2D eigenvalue weighted by atomic mass is 32.2. The molecule has 0 aliphatic carbocycles. The molecular weight excluding hydrogens is 324 g/mol. The molecule has 126 valence electrons. The second-order valence-electron chi connectivity index (χ2n) is 5.09. The van der Waals surface area contributed by atoms with Crippen molar-refractivity contribution in [2.75, 3.05) is 12.4 Å². The summed E-state index contributed by atoms with van der Waals surface area (Å²) in [6.07, 6.45) is 0.472. The third kappa shape index (κ3) is 6.75. The lowest BCUT2D eigenvalue weighted by Gasteiger charge is -2.07. The molecular formula is C18H20N2O3S. The van der Waals surface area contributed by atoms with Crippen molar-refractivity contribution in [2.24, 2.45) is 5.73 Å². The van der Waals surface area contributed by atoms with Gasteiger partial charge < -0.3 is 15.8 Å². The summed E-state index contributed by atoms with van der Waals surface area (Å²) < 4.78 is 5.18. The summed E-state index contributed by atoms with van der Waals surface area (Å²) in [5, 5.41) is 2.89. The van der Waals surface area contributed by atoms with Crippen LogP contribution in [-0.2, 0) is 16.1 Å². The minimum Gasteiger partial charge on any atom is -0.484 e. The van der Waals surface area contributed by atoms with Gasteiger partial charge in [0.1, 0.15) is 5.75 Å². The third-order valence-electron chi connectivity index (χ3n) is 3.14.